The van der Waals surface area contributed by atoms with Crippen LogP contribution in [-0.4, -0.2) is 55.2 Å². The van der Waals surface area contributed by atoms with Crippen LogP contribution in [0, 0.1) is 0 Å². The van der Waals surface area contributed by atoms with Gasteiger partial charge in [-0.25, -0.2) is 0 Å². The molecule has 5 nitrogen and oxygen atoms in total. The van der Waals surface area contributed by atoms with E-state index in [1.165, 1.54) is 0 Å². The molecule has 2 aromatic rings. The standard InChI is InChI=1S/C16H21N3O2/c20-16(14-4-1-3-13-5-7-17-15(13)14)18-6-2-8-19-9-11-21-12-10-19/h1,3-5,7,17H,2,6,8-12H2,(H,18,20). The molecular formula is C16H21N3O2. The summed E-state index contributed by atoms with van der Waals surface area (Å²) < 4.78 is 5.32. The maximum absolute atomic E-state index is 12.2. The van der Waals surface area contributed by atoms with Crippen LogP contribution >= 0.6 is 0 Å². The first-order valence-electron chi connectivity index (χ1n) is 7.49. The van der Waals surface area contributed by atoms with E-state index < -0.39 is 0 Å². The zero-order chi connectivity index (χ0) is 14.5. The number of para-hydroxylation sites is 1. The Bertz CT molecular complexity index is 602. The van der Waals surface area contributed by atoms with E-state index in [-0.39, 0.29) is 5.91 Å². The molecule has 1 fully saturated rings. The highest BCUT2D eigenvalue weighted by atomic mass is 16.5. The molecule has 0 atom stereocenters. The summed E-state index contributed by atoms with van der Waals surface area (Å²) >= 11 is 0. The molecule has 1 aliphatic heterocycles. The summed E-state index contributed by atoms with van der Waals surface area (Å²) in [7, 11) is 0. The average Bonchev–Trinajstić information content (AvgIpc) is 3.01. The SMILES string of the molecule is O=C(NCCCN1CCOCC1)c1cccc2cc[nH]c12. The van der Waals surface area contributed by atoms with E-state index in [1.54, 1.807) is 0 Å². The van der Waals surface area contributed by atoms with E-state index in [0.29, 0.717) is 12.1 Å². The predicted molar refractivity (Wildman–Crippen MR) is 82.5 cm³/mol. The largest absolute Gasteiger partial charge is 0.379 e. The van der Waals surface area contributed by atoms with Crippen molar-refractivity contribution < 1.29 is 9.53 Å². The van der Waals surface area contributed by atoms with Gasteiger partial charge in [-0.05, 0) is 25.1 Å². The van der Waals surface area contributed by atoms with E-state index >= 15 is 0 Å². The number of nitrogens with zero attached hydrogens (tertiary/aromatic N) is 1. The first kappa shape index (κ1) is 14.1. The highest BCUT2D eigenvalue weighted by molar-refractivity contribution is 6.05. The molecule has 0 unspecified atom stereocenters. The number of aromatic amines is 1. The molecule has 1 aromatic carbocycles. The Morgan fingerprint density at radius 3 is 3.00 bits per heavy atom. The molecule has 0 saturated carbocycles. The van der Waals surface area contributed by atoms with Gasteiger partial charge in [-0.1, -0.05) is 12.1 Å². The van der Waals surface area contributed by atoms with Crippen LogP contribution in [0.5, 0.6) is 0 Å². The van der Waals surface area contributed by atoms with Crippen LogP contribution < -0.4 is 5.32 Å². The van der Waals surface area contributed by atoms with Crippen LogP contribution in [0.2, 0.25) is 0 Å². The summed E-state index contributed by atoms with van der Waals surface area (Å²) in [4.78, 5) is 17.7. The minimum Gasteiger partial charge on any atom is -0.379 e. The molecule has 0 aliphatic carbocycles. The Balaban J connectivity index is 1.49. The number of H-pyrrole nitrogens is 1. The van der Waals surface area contributed by atoms with Gasteiger partial charge in [0.05, 0.1) is 24.3 Å². The molecule has 0 radical (unpaired) electrons. The van der Waals surface area contributed by atoms with Crippen LogP contribution in [0.3, 0.4) is 0 Å². The number of fused-ring (bicyclic) bond motifs is 1. The summed E-state index contributed by atoms with van der Waals surface area (Å²) in [6, 6.07) is 7.75. The van der Waals surface area contributed by atoms with Gasteiger partial charge >= 0.3 is 0 Å². The van der Waals surface area contributed by atoms with Gasteiger partial charge in [0.1, 0.15) is 0 Å². The number of morpholine rings is 1. The maximum atomic E-state index is 12.2. The topological polar surface area (TPSA) is 57.4 Å². The molecule has 1 aliphatic rings. The van der Waals surface area contributed by atoms with Crippen molar-refractivity contribution in [3.63, 3.8) is 0 Å². The third kappa shape index (κ3) is 3.43. The first-order valence-corrected chi connectivity index (χ1v) is 7.49. The zero-order valence-corrected chi connectivity index (χ0v) is 12.1. The van der Waals surface area contributed by atoms with Crippen LogP contribution in [0.15, 0.2) is 30.5 Å². The Kier molecular flexibility index (Phi) is 4.52. The van der Waals surface area contributed by atoms with Crippen molar-refractivity contribution in [2.24, 2.45) is 0 Å². The molecule has 3 rings (SSSR count). The summed E-state index contributed by atoms with van der Waals surface area (Å²) in [5.74, 6) is -0.00923. The summed E-state index contributed by atoms with van der Waals surface area (Å²) in [5, 5.41) is 4.07. The molecular weight excluding hydrogens is 266 g/mol. The minimum absolute atomic E-state index is 0.00923. The lowest BCUT2D eigenvalue weighted by Crippen LogP contribution is -2.38. The molecule has 0 spiro atoms. The van der Waals surface area contributed by atoms with Gasteiger partial charge in [-0.15, -0.1) is 0 Å². The van der Waals surface area contributed by atoms with E-state index in [4.69, 9.17) is 4.74 Å². The molecule has 2 heterocycles. The smallest absolute Gasteiger partial charge is 0.253 e. The lowest BCUT2D eigenvalue weighted by Gasteiger charge is -2.26. The van der Waals surface area contributed by atoms with Gasteiger partial charge in [0, 0.05) is 31.2 Å². The van der Waals surface area contributed by atoms with Gasteiger partial charge in [0.2, 0.25) is 0 Å². The number of carbonyl (C=O) groups excluding carboxylic acids is 1. The fourth-order valence-electron chi connectivity index (χ4n) is 2.70. The summed E-state index contributed by atoms with van der Waals surface area (Å²) in [5.41, 5.74) is 1.62. The van der Waals surface area contributed by atoms with Gasteiger partial charge in [0.15, 0.2) is 0 Å². The second-order valence-corrected chi connectivity index (χ2v) is 5.31. The maximum Gasteiger partial charge on any atom is 0.253 e. The van der Waals surface area contributed by atoms with Gasteiger partial charge in [-0.3, -0.25) is 9.69 Å². The average molecular weight is 287 g/mol. The monoisotopic (exact) mass is 287 g/mol. The van der Waals surface area contributed by atoms with Crippen molar-refractivity contribution in [3.8, 4) is 0 Å². The number of nitrogens with one attached hydrogen (secondary N) is 2. The quantitative estimate of drug-likeness (QED) is 0.822. The number of aromatic nitrogens is 1. The van der Waals surface area contributed by atoms with E-state index in [9.17, 15) is 4.79 Å². The minimum atomic E-state index is -0.00923. The molecule has 5 heteroatoms. The van der Waals surface area contributed by atoms with Crippen LogP contribution in [0.25, 0.3) is 10.9 Å². The fourth-order valence-corrected chi connectivity index (χ4v) is 2.70. The number of carbonyl (C=O) groups is 1. The third-order valence-corrected chi connectivity index (χ3v) is 3.87. The number of hydrogen-bond donors (Lipinski definition) is 2. The van der Waals surface area contributed by atoms with Crippen LogP contribution in [0.4, 0.5) is 0 Å². The summed E-state index contributed by atoms with van der Waals surface area (Å²) in [6.45, 7) is 5.34. The molecule has 21 heavy (non-hydrogen) atoms. The number of amides is 1. The van der Waals surface area contributed by atoms with Crippen LogP contribution in [0.1, 0.15) is 16.8 Å². The van der Waals surface area contributed by atoms with Crippen molar-refractivity contribution in [2.45, 2.75) is 6.42 Å². The van der Waals surface area contributed by atoms with Gasteiger partial charge < -0.3 is 15.0 Å². The van der Waals surface area contributed by atoms with Crippen molar-refractivity contribution >= 4 is 16.8 Å². The van der Waals surface area contributed by atoms with Gasteiger partial charge in [0.25, 0.3) is 5.91 Å². The molecule has 1 amide bonds. The number of benzene rings is 1. The first-order chi connectivity index (χ1) is 10.3. The Morgan fingerprint density at radius 2 is 2.14 bits per heavy atom. The summed E-state index contributed by atoms with van der Waals surface area (Å²) in [6.07, 6.45) is 2.83. The number of hydrogen-bond acceptors (Lipinski definition) is 3. The zero-order valence-electron chi connectivity index (χ0n) is 12.1. The van der Waals surface area contributed by atoms with Crippen molar-refractivity contribution in [2.75, 3.05) is 39.4 Å². The lowest BCUT2D eigenvalue weighted by molar-refractivity contribution is 0.0374. The van der Waals surface area contributed by atoms with E-state index in [0.717, 1.165) is 50.2 Å². The molecule has 0 bridgehead atoms. The highest BCUT2D eigenvalue weighted by Crippen LogP contribution is 2.16. The van der Waals surface area contributed by atoms with E-state index in [2.05, 4.69) is 15.2 Å². The number of rotatable bonds is 5. The number of ether oxygens (including phenoxy) is 1. The highest BCUT2D eigenvalue weighted by Gasteiger charge is 2.11. The fraction of sp³-hybridized carbons (Fsp3) is 0.438. The molecule has 2 N–H and O–H groups in total. The Hall–Kier alpha value is -1.85. The van der Waals surface area contributed by atoms with Gasteiger partial charge in [-0.2, -0.15) is 0 Å². The van der Waals surface area contributed by atoms with Crippen LogP contribution in [-0.2, 0) is 4.74 Å². The Morgan fingerprint density at radius 1 is 1.29 bits per heavy atom. The molecule has 1 saturated heterocycles. The third-order valence-electron chi connectivity index (χ3n) is 3.87. The lowest BCUT2D eigenvalue weighted by atomic mass is 10.1. The van der Waals surface area contributed by atoms with E-state index in [1.807, 2.05) is 30.5 Å². The van der Waals surface area contributed by atoms with Crippen molar-refractivity contribution in [1.29, 1.82) is 0 Å². The predicted octanol–water partition coefficient (Wildman–Crippen LogP) is 1.62. The Labute approximate surface area is 124 Å². The normalized spacial score (nSPS) is 16.2. The second kappa shape index (κ2) is 6.74. The molecule has 112 valence electrons. The molecule has 1 aromatic heterocycles. The van der Waals surface area contributed by atoms with Crippen molar-refractivity contribution in [3.05, 3.63) is 36.0 Å². The van der Waals surface area contributed by atoms with Crippen molar-refractivity contribution in [1.82, 2.24) is 15.2 Å². The second-order valence-electron chi connectivity index (χ2n) is 5.31.